The zero-order chi connectivity index (χ0) is 18.7. The molecule has 1 heterocycles. The van der Waals surface area contributed by atoms with Crippen LogP contribution in [0.15, 0.2) is 66.4 Å². The van der Waals surface area contributed by atoms with Crippen LogP contribution in [0.3, 0.4) is 0 Å². The fraction of sp³-hybridized carbons (Fsp3) is 0.250. The molecule has 6 heteroatoms. The molecule has 0 bridgehead atoms. The minimum Gasteiger partial charge on any atom is -0.301 e. The van der Waals surface area contributed by atoms with E-state index in [1.807, 2.05) is 36.4 Å². The van der Waals surface area contributed by atoms with Gasteiger partial charge in [-0.1, -0.05) is 36.4 Å². The standard InChI is InChI=1S/C20H19F3N2O/c1-24-18(14-15-6-3-2-4-7-15)8-5-13-25(19(24)26)17-11-9-16(10-12-17)20(21,22)23/h2-4,6-12H,5,13-14H2,1H3. The first-order valence-corrected chi connectivity index (χ1v) is 8.32. The summed E-state index contributed by atoms with van der Waals surface area (Å²) in [5.74, 6) is 0. The Morgan fingerprint density at radius 2 is 1.65 bits per heavy atom. The van der Waals surface area contributed by atoms with Crippen LogP contribution in [0.2, 0.25) is 0 Å². The molecule has 0 aliphatic carbocycles. The van der Waals surface area contributed by atoms with E-state index in [9.17, 15) is 18.0 Å². The van der Waals surface area contributed by atoms with E-state index < -0.39 is 11.7 Å². The van der Waals surface area contributed by atoms with Crippen molar-refractivity contribution in [2.24, 2.45) is 0 Å². The summed E-state index contributed by atoms with van der Waals surface area (Å²) >= 11 is 0. The number of alkyl halides is 3. The highest BCUT2D eigenvalue weighted by molar-refractivity contribution is 5.93. The van der Waals surface area contributed by atoms with Crippen LogP contribution in [0.25, 0.3) is 0 Å². The van der Waals surface area contributed by atoms with Gasteiger partial charge in [-0.25, -0.2) is 4.79 Å². The summed E-state index contributed by atoms with van der Waals surface area (Å²) < 4.78 is 38.2. The van der Waals surface area contributed by atoms with Gasteiger partial charge in [0.25, 0.3) is 0 Å². The fourth-order valence-corrected chi connectivity index (χ4v) is 2.96. The van der Waals surface area contributed by atoms with Gasteiger partial charge in [0.05, 0.1) is 5.56 Å². The number of halogens is 3. The first kappa shape index (κ1) is 18.0. The number of likely N-dealkylation sites (N-methyl/N-ethyl adjacent to an activating group) is 1. The molecule has 0 spiro atoms. The van der Waals surface area contributed by atoms with Crippen LogP contribution in [-0.4, -0.2) is 24.5 Å². The van der Waals surface area contributed by atoms with Crippen LogP contribution in [0.1, 0.15) is 17.5 Å². The molecule has 0 radical (unpaired) electrons. The van der Waals surface area contributed by atoms with E-state index in [2.05, 4.69) is 0 Å². The molecule has 26 heavy (non-hydrogen) atoms. The summed E-state index contributed by atoms with van der Waals surface area (Å²) in [5.41, 5.74) is 1.72. The van der Waals surface area contributed by atoms with Gasteiger partial charge in [-0.3, -0.25) is 4.90 Å². The van der Waals surface area contributed by atoms with E-state index in [1.165, 1.54) is 17.0 Å². The van der Waals surface area contributed by atoms with Crippen molar-refractivity contribution in [2.75, 3.05) is 18.5 Å². The van der Waals surface area contributed by atoms with Crippen molar-refractivity contribution in [2.45, 2.75) is 19.0 Å². The molecule has 0 saturated heterocycles. The third-order valence-corrected chi connectivity index (χ3v) is 4.42. The van der Waals surface area contributed by atoms with E-state index in [1.54, 1.807) is 11.9 Å². The van der Waals surface area contributed by atoms with E-state index in [0.717, 1.165) is 23.4 Å². The van der Waals surface area contributed by atoms with Crippen LogP contribution in [0.4, 0.5) is 23.7 Å². The highest BCUT2D eigenvalue weighted by Crippen LogP contribution is 2.31. The van der Waals surface area contributed by atoms with Crippen molar-refractivity contribution >= 4 is 11.7 Å². The Balaban J connectivity index is 1.78. The molecule has 136 valence electrons. The van der Waals surface area contributed by atoms with Gasteiger partial charge in [-0.05, 0) is 36.2 Å². The Kier molecular flexibility index (Phi) is 5.02. The number of anilines is 1. The summed E-state index contributed by atoms with van der Waals surface area (Å²) in [6, 6.07) is 14.3. The third-order valence-electron chi connectivity index (χ3n) is 4.42. The summed E-state index contributed by atoms with van der Waals surface area (Å²) in [6.45, 7) is 0.423. The van der Waals surface area contributed by atoms with Gasteiger partial charge in [0.15, 0.2) is 0 Å². The SMILES string of the molecule is CN1C(=O)N(c2ccc(C(F)(F)F)cc2)CCC=C1Cc1ccccc1. The largest absolute Gasteiger partial charge is 0.416 e. The van der Waals surface area contributed by atoms with Crippen LogP contribution in [0, 0.1) is 0 Å². The lowest BCUT2D eigenvalue weighted by molar-refractivity contribution is -0.137. The monoisotopic (exact) mass is 360 g/mol. The number of benzene rings is 2. The molecule has 0 unspecified atom stereocenters. The number of carbonyl (C=O) groups is 1. The number of hydrogen-bond acceptors (Lipinski definition) is 1. The predicted octanol–water partition coefficient (Wildman–Crippen LogP) is 5.09. The fourth-order valence-electron chi connectivity index (χ4n) is 2.96. The molecular weight excluding hydrogens is 341 g/mol. The van der Waals surface area contributed by atoms with Crippen molar-refractivity contribution in [3.63, 3.8) is 0 Å². The molecule has 0 N–H and O–H groups in total. The first-order chi connectivity index (χ1) is 12.4. The molecule has 1 aliphatic rings. The van der Waals surface area contributed by atoms with E-state index in [4.69, 9.17) is 0 Å². The number of urea groups is 1. The molecule has 3 rings (SSSR count). The molecule has 3 nitrogen and oxygen atoms in total. The van der Waals surface area contributed by atoms with Crippen LogP contribution in [-0.2, 0) is 12.6 Å². The summed E-state index contributed by atoms with van der Waals surface area (Å²) in [7, 11) is 1.69. The second kappa shape index (κ2) is 7.23. The Morgan fingerprint density at radius 1 is 1.00 bits per heavy atom. The molecule has 0 aromatic heterocycles. The molecule has 1 aliphatic heterocycles. The van der Waals surface area contributed by atoms with Crippen LogP contribution in [0.5, 0.6) is 0 Å². The molecule has 0 atom stereocenters. The second-order valence-corrected chi connectivity index (χ2v) is 6.18. The molecular formula is C20H19F3N2O. The van der Waals surface area contributed by atoms with Gasteiger partial charge >= 0.3 is 12.2 Å². The lowest BCUT2D eigenvalue weighted by Gasteiger charge is -2.27. The average Bonchev–Trinajstić information content (AvgIpc) is 2.76. The summed E-state index contributed by atoms with van der Waals surface area (Å²) in [4.78, 5) is 15.9. The number of hydrogen-bond donors (Lipinski definition) is 0. The Labute approximate surface area is 150 Å². The zero-order valence-corrected chi connectivity index (χ0v) is 14.3. The Hall–Kier alpha value is -2.76. The predicted molar refractivity (Wildman–Crippen MR) is 94.8 cm³/mol. The number of allylic oxidation sites excluding steroid dienone is 1. The maximum atomic E-state index is 12.8. The number of carbonyl (C=O) groups excluding carboxylic acids is 1. The van der Waals surface area contributed by atoms with Crippen LogP contribution >= 0.6 is 0 Å². The third kappa shape index (κ3) is 3.90. The lowest BCUT2D eigenvalue weighted by atomic mass is 10.1. The summed E-state index contributed by atoms with van der Waals surface area (Å²) in [6.07, 6.45) is -1.11. The zero-order valence-electron chi connectivity index (χ0n) is 14.3. The minimum atomic E-state index is -4.39. The van der Waals surface area contributed by atoms with Gasteiger partial charge in [-0.15, -0.1) is 0 Å². The quantitative estimate of drug-likeness (QED) is 0.747. The van der Waals surface area contributed by atoms with Crippen LogP contribution < -0.4 is 4.90 Å². The molecule has 0 saturated carbocycles. The van der Waals surface area contributed by atoms with Crippen molar-refractivity contribution in [3.8, 4) is 0 Å². The van der Waals surface area contributed by atoms with Crippen molar-refractivity contribution < 1.29 is 18.0 Å². The van der Waals surface area contributed by atoms with Gasteiger partial charge in [-0.2, -0.15) is 13.2 Å². The summed E-state index contributed by atoms with van der Waals surface area (Å²) in [5, 5.41) is 0. The number of rotatable bonds is 3. The number of nitrogens with zero attached hydrogens (tertiary/aromatic N) is 2. The van der Waals surface area contributed by atoms with E-state index in [-0.39, 0.29) is 6.03 Å². The van der Waals surface area contributed by atoms with Gasteiger partial charge < -0.3 is 4.90 Å². The second-order valence-electron chi connectivity index (χ2n) is 6.18. The number of amides is 2. The highest BCUT2D eigenvalue weighted by atomic mass is 19.4. The maximum Gasteiger partial charge on any atom is 0.416 e. The van der Waals surface area contributed by atoms with Crippen molar-refractivity contribution in [3.05, 3.63) is 77.5 Å². The van der Waals surface area contributed by atoms with Gasteiger partial charge in [0.2, 0.25) is 0 Å². The highest BCUT2D eigenvalue weighted by Gasteiger charge is 2.31. The van der Waals surface area contributed by atoms with Crippen molar-refractivity contribution in [1.82, 2.24) is 4.90 Å². The Bertz CT molecular complexity index is 798. The van der Waals surface area contributed by atoms with E-state index >= 15 is 0 Å². The molecule has 2 aromatic carbocycles. The van der Waals surface area contributed by atoms with E-state index in [0.29, 0.717) is 25.1 Å². The van der Waals surface area contributed by atoms with Gasteiger partial charge in [0.1, 0.15) is 0 Å². The normalized spacial score (nSPS) is 15.7. The topological polar surface area (TPSA) is 23.6 Å². The smallest absolute Gasteiger partial charge is 0.301 e. The molecule has 2 aromatic rings. The minimum absolute atomic E-state index is 0.246. The van der Waals surface area contributed by atoms with Gasteiger partial charge in [0, 0.05) is 31.4 Å². The molecule has 2 amide bonds. The first-order valence-electron chi connectivity index (χ1n) is 8.32. The maximum absolute atomic E-state index is 12.8. The molecule has 0 fully saturated rings. The van der Waals surface area contributed by atoms with Crippen molar-refractivity contribution in [1.29, 1.82) is 0 Å². The lowest BCUT2D eigenvalue weighted by Crippen LogP contribution is -2.40. The average molecular weight is 360 g/mol. The Morgan fingerprint density at radius 3 is 2.27 bits per heavy atom.